The summed E-state index contributed by atoms with van der Waals surface area (Å²) in [5.41, 5.74) is 6.97. The Hall–Kier alpha value is -2.48. The van der Waals surface area contributed by atoms with Gasteiger partial charge in [-0.3, -0.25) is 15.0 Å². The highest BCUT2D eigenvalue weighted by Gasteiger charge is 2.34. The summed E-state index contributed by atoms with van der Waals surface area (Å²) >= 11 is 0. The lowest BCUT2D eigenvalue weighted by atomic mass is 9.84. The highest BCUT2D eigenvalue weighted by Crippen LogP contribution is 2.34. The van der Waals surface area contributed by atoms with Crippen LogP contribution in [0.2, 0.25) is 0 Å². The second-order valence-electron chi connectivity index (χ2n) is 9.94. The molecule has 2 amide bonds. The van der Waals surface area contributed by atoms with Crippen LogP contribution in [0.15, 0.2) is 36.4 Å². The molecule has 2 saturated heterocycles. The van der Waals surface area contributed by atoms with Crippen molar-refractivity contribution in [3.63, 3.8) is 0 Å². The van der Waals surface area contributed by atoms with Crippen molar-refractivity contribution in [2.24, 2.45) is 11.8 Å². The van der Waals surface area contributed by atoms with E-state index in [9.17, 15) is 14.0 Å². The molecule has 6 nitrogen and oxygen atoms in total. The smallest absolute Gasteiger partial charge is 0.265 e. The van der Waals surface area contributed by atoms with Crippen molar-refractivity contribution in [1.82, 2.24) is 15.3 Å². The van der Waals surface area contributed by atoms with Crippen molar-refractivity contribution < 1.29 is 14.0 Å². The SMILES string of the molecule is Cc1cc(C(=O)NN2CCN(C)CC2)cc(C)c1N1C[C@@H](Cc2ccccc2F)C[C@@H](C)C1=O.Cl. The van der Waals surface area contributed by atoms with Gasteiger partial charge in [-0.25, -0.2) is 9.40 Å². The maximum absolute atomic E-state index is 14.2. The fourth-order valence-corrected chi connectivity index (χ4v) is 5.25. The third-order valence-electron chi connectivity index (χ3n) is 7.07. The second kappa shape index (κ2) is 11.5. The van der Waals surface area contributed by atoms with E-state index in [0.717, 1.165) is 49.4 Å². The van der Waals surface area contributed by atoms with Gasteiger partial charge < -0.3 is 9.80 Å². The lowest BCUT2D eigenvalue weighted by Gasteiger charge is -2.38. The maximum atomic E-state index is 14.2. The summed E-state index contributed by atoms with van der Waals surface area (Å²) in [4.78, 5) is 30.2. The van der Waals surface area contributed by atoms with Crippen LogP contribution in [0.3, 0.4) is 0 Å². The van der Waals surface area contributed by atoms with Crippen LogP contribution in [-0.4, -0.2) is 61.5 Å². The van der Waals surface area contributed by atoms with E-state index in [2.05, 4.69) is 17.4 Å². The Balaban J connectivity index is 0.00000342. The third-order valence-corrected chi connectivity index (χ3v) is 7.07. The molecule has 0 radical (unpaired) electrons. The number of hydrogen-bond acceptors (Lipinski definition) is 4. The van der Waals surface area contributed by atoms with Gasteiger partial charge in [-0.05, 0) is 74.5 Å². The number of carbonyl (C=O) groups is 2. The van der Waals surface area contributed by atoms with Crippen LogP contribution in [-0.2, 0) is 11.2 Å². The van der Waals surface area contributed by atoms with Crippen LogP contribution < -0.4 is 10.3 Å². The van der Waals surface area contributed by atoms with Gasteiger partial charge in [0.25, 0.3) is 5.91 Å². The molecular formula is C27H36ClFN4O2. The minimum absolute atomic E-state index is 0. The summed E-state index contributed by atoms with van der Waals surface area (Å²) in [6.07, 6.45) is 1.34. The summed E-state index contributed by atoms with van der Waals surface area (Å²) in [5.74, 6) is -0.196. The zero-order chi connectivity index (χ0) is 24.4. The number of hydrogen-bond donors (Lipinski definition) is 1. The molecule has 2 aromatic carbocycles. The molecule has 2 heterocycles. The molecule has 190 valence electrons. The number of anilines is 1. The van der Waals surface area contributed by atoms with Crippen molar-refractivity contribution in [3.8, 4) is 0 Å². The Morgan fingerprint density at radius 3 is 2.34 bits per heavy atom. The first-order chi connectivity index (χ1) is 16.2. The molecular weight excluding hydrogens is 467 g/mol. The van der Waals surface area contributed by atoms with Crippen LogP contribution in [0.1, 0.15) is 40.4 Å². The van der Waals surface area contributed by atoms with Crippen molar-refractivity contribution in [2.45, 2.75) is 33.6 Å². The molecule has 1 N–H and O–H groups in total. The quantitative estimate of drug-likeness (QED) is 0.671. The van der Waals surface area contributed by atoms with E-state index >= 15 is 0 Å². The lowest BCUT2D eigenvalue weighted by Crippen LogP contribution is -2.52. The highest BCUT2D eigenvalue weighted by molar-refractivity contribution is 5.99. The van der Waals surface area contributed by atoms with Gasteiger partial charge in [0, 0.05) is 49.9 Å². The average molecular weight is 503 g/mol. The molecule has 2 atom stereocenters. The molecule has 0 aliphatic carbocycles. The van der Waals surface area contributed by atoms with Crippen LogP contribution in [0.25, 0.3) is 0 Å². The first kappa shape index (κ1) is 27.1. The fourth-order valence-electron chi connectivity index (χ4n) is 5.25. The monoisotopic (exact) mass is 502 g/mol. The topological polar surface area (TPSA) is 55.9 Å². The lowest BCUT2D eigenvalue weighted by molar-refractivity contribution is -0.124. The Labute approximate surface area is 213 Å². The summed E-state index contributed by atoms with van der Waals surface area (Å²) in [5, 5.41) is 1.96. The van der Waals surface area contributed by atoms with Crippen molar-refractivity contribution >= 4 is 29.9 Å². The highest BCUT2D eigenvalue weighted by atomic mass is 35.5. The summed E-state index contributed by atoms with van der Waals surface area (Å²) < 4.78 is 14.2. The van der Waals surface area contributed by atoms with Crippen molar-refractivity contribution in [3.05, 3.63) is 64.5 Å². The summed E-state index contributed by atoms with van der Waals surface area (Å²) in [6, 6.07) is 10.6. The number of nitrogens with zero attached hydrogens (tertiary/aromatic N) is 3. The van der Waals surface area contributed by atoms with Crippen molar-refractivity contribution in [2.75, 3.05) is 44.7 Å². The second-order valence-corrected chi connectivity index (χ2v) is 9.94. The van der Waals surface area contributed by atoms with Crippen LogP contribution in [0, 0.1) is 31.5 Å². The first-order valence-corrected chi connectivity index (χ1v) is 12.1. The van der Waals surface area contributed by atoms with E-state index in [0.29, 0.717) is 24.1 Å². The molecule has 8 heteroatoms. The van der Waals surface area contributed by atoms with Gasteiger partial charge in [0.2, 0.25) is 5.91 Å². The van der Waals surface area contributed by atoms with Gasteiger partial charge in [0.05, 0.1) is 0 Å². The molecule has 0 saturated carbocycles. The molecule has 35 heavy (non-hydrogen) atoms. The van der Waals surface area contributed by atoms with E-state index in [1.54, 1.807) is 6.07 Å². The normalized spacial score (nSPS) is 21.5. The minimum Gasteiger partial charge on any atom is -0.311 e. The number of halogens is 2. The molecule has 0 bridgehead atoms. The maximum Gasteiger partial charge on any atom is 0.265 e. The fraction of sp³-hybridized carbons (Fsp3) is 0.481. The number of piperazine rings is 1. The molecule has 0 aromatic heterocycles. The Morgan fingerprint density at radius 1 is 1.09 bits per heavy atom. The zero-order valence-electron chi connectivity index (χ0n) is 21.0. The minimum atomic E-state index is -0.193. The predicted octanol–water partition coefficient (Wildman–Crippen LogP) is 3.99. The standard InChI is InChI=1S/C27H35FN4O2.ClH/c1-18-14-23(26(33)29-31-11-9-30(4)10-12-31)15-19(2)25(18)32-17-21(13-20(3)27(32)34)16-22-7-5-6-8-24(22)28;/h5-8,14-15,20-21H,9-13,16-17H2,1-4H3,(H,29,33);1H/t20-,21-;/m1./s1. The number of piperidine rings is 1. The number of aryl methyl sites for hydroxylation is 2. The number of rotatable bonds is 5. The van der Waals surface area contributed by atoms with Gasteiger partial charge in [-0.1, -0.05) is 25.1 Å². The van der Waals surface area contributed by atoms with E-state index in [1.807, 2.05) is 54.9 Å². The molecule has 2 fully saturated rings. The van der Waals surface area contributed by atoms with Gasteiger partial charge in [0.1, 0.15) is 5.82 Å². The Bertz CT molecular complexity index is 1050. The molecule has 0 unspecified atom stereocenters. The third kappa shape index (κ3) is 6.21. The number of hydrazine groups is 1. The molecule has 0 spiro atoms. The largest absolute Gasteiger partial charge is 0.311 e. The van der Waals surface area contributed by atoms with Crippen LogP contribution in [0.4, 0.5) is 10.1 Å². The van der Waals surface area contributed by atoms with Crippen molar-refractivity contribution in [1.29, 1.82) is 0 Å². The molecule has 2 aliphatic rings. The van der Waals surface area contributed by atoms with Gasteiger partial charge in [-0.15, -0.1) is 12.4 Å². The summed E-state index contributed by atoms with van der Waals surface area (Å²) in [7, 11) is 2.08. The molecule has 4 rings (SSSR count). The van der Waals surface area contributed by atoms with Crippen LogP contribution >= 0.6 is 12.4 Å². The molecule has 2 aliphatic heterocycles. The Morgan fingerprint density at radius 2 is 1.71 bits per heavy atom. The summed E-state index contributed by atoms with van der Waals surface area (Å²) in [6.45, 7) is 9.82. The number of amides is 2. The van der Waals surface area contributed by atoms with Crippen LogP contribution in [0.5, 0.6) is 0 Å². The first-order valence-electron chi connectivity index (χ1n) is 12.1. The van der Waals surface area contributed by atoms with Gasteiger partial charge in [0.15, 0.2) is 0 Å². The zero-order valence-corrected chi connectivity index (χ0v) is 21.8. The number of nitrogens with one attached hydrogen (secondary N) is 1. The van der Waals surface area contributed by atoms with Gasteiger partial charge >= 0.3 is 0 Å². The molecule has 2 aromatic rings. The van der Waals surface area contributed by atoms with Gasteiger partial charge in [-0.2, -0.15) is 0 Å². The Kier molecular flexibility index (Phi) is 8.91. The number of benzene rings is 2. The van der Waals surface area contributed by atoms with E-state index in [4.69, 9.17) is 0 Å². The van der Waals surface area contributed by atoms with E-state index in [1.165, 1.54) is 6.07 Å². The van der Waals surface area contributed by atoms with E-state index < -0.39 is 0 Å². The predicted molar refractivity (Wildman–Crippen MR) is 139 cm³/mol. The van der Waals surface area contributed by atoms with E-state index in [-0.39, 0.29) is 41.9 Å². The number of likely N-dealkylation sites (N-methyl/N-ethyl adjacent to an activating group) is 1. The average Bonchev–Trinajstić information content (AvgIpc) is 2.79. The number of carbonyl (C=O) groups excluding carboxylic acids is 2.